The fourth-order valence-electron chi connectivity index (χ4n) is 3.16. The van der Waals surface area contributed by atoms with Crippen LogP contribution in [0.15, 0.2) is 76.0 Å². The van der Waals surface area contributed by atoms with Crippen molar-refractivity contribution in [2.24, 2.45) is 0 Å². The van der Waals surface area contributed by atoms with Crippen LogP contribution in [0.3, 0.4) is 0 Å². The van der Waals surface area contributed by atoms with Crippen LogP contribution in [-0.2, 0) is 21.2 Å². The van der Waals surface area contributed by atoms with E-state index in [2.05, 4.69) is 4.72 Å². The molecule has 0 aliphatic heterocycles. The Bertz CT molecular complexity index is 1310. The summed E-state index contributed by atoms with van der Waals surface area (Å²) in [6.07, 6.45) is -0.119. The predicted molar refractivity (Wildman–Crippen MR) is 106 cm³/mol. The molecule has 0 aliphatic carbocycles. The summed E-state index contributed by atoms with van der Waals surface area (Å²) in [5, 5.41) is 10.8. The Balaban J connectivity index is 1.66. The SMILES string of the molecule is O=C(O)[C@H](Cc1ccc(F)cc1)NS(=O)(=O)c1ccc2oc3ccccc3c2c1. The Labute approximate surface area is 165 Å². The molecule has 1 aromatic heterocycles. The molecular formula is C21H16FNO5S. The van der Waals surface area contributed by atoms with Gasteiger partial charge in [-0.1, -0.05) is 30.3 Å². The van der Waals surface area contributed by atoms with Gasteiger partial charge in [-0.25, -0.2) is 12.8 Å². The van der Waals surface area contributed by atoms with Gasteiger partial charge in [0.15, 0.2) is 0 Å². The number of carboxylic acid groups (broad SMARTS) is 1. The van der Waals surface area contributed by atoms with E-state index in [1.54, 1.807) is 12.1 Å². The Kier molecular flexibility index (Phi) is 4.81. The molecule has 4 aromatic rings. The first-order valence-corrected chi connectivity index (χ1v) is 10.2. The third-order valence-electron chi connectivity index (χ3n) is 4.61. The second-order valence-electron chi connectivity index (χ2n) is 6.60. The number of hydrogen-bond acceptors (Lipinski definition) is 4. The lowest BCUT2D eigenvalue weighted by molar-refractivity contribution is -0.138. The number of furan rings is 1. The summed E-state index contributed by atoms with van der Waals surface area (Å²) in [5.41, 5.74) is 1.66. The minimum Gasteiger partial charge on any atom is -0.480 e. The van der Waals surface area contributed by atoms with Gasteiger partial charge in [-0.15, -0.1) is 0 Å². The number of rotatable bonds is 6. The van der Waals surface area contributed by atoms with Crippen LogP contribution in [0.2, 0.25) is 0 Å². The number of carbonyl (C=O) groups is 1. The van der Waals surface area contributed by atoms with Gasteiger partial charge in [-0.3, -0.25) is 4.79 Å². The lowest BCUT2D eigenvalue weighted by Gasteiger charge is -2.15. The fraction of sp³-hybridized carbons (Fsp3) is 0.0952. The van der Waals surface area contributed by atoms with E-state index < -0.39 is 27.9 Å². The molecule has 0 amide bonds. The number of halogens is 1. The van der Waals surface area contributed by atoms with Crippen molar-refractivity contribution >= 4 is 37.9 Å². The Morgan fingerprint density at radius 1 is 1.00 bits per heavy atom. The van der Waals surface area contributed by atoms with Crippen LogP contribution in [0.4, 0.5) is 4.39 Å². The van der Waals surface area contributed by atoms with E-state index in [1.165, 1.54) is 36.4 Å². The second-order valence-corrected chi connectivity index (χ2v) is 8.31. The zero-order chi connectivity index (χ0) is 20.6. The van der Waals surface area contributed by atoms with Gasteiger partial charge >= 0.3 is 5.97 Å². The quantitative estimate of drug-likeness (QED) is 0.502. The summed E-state index contributed by atoms with van der Waals surface area (Å²) in [5.74, 6) is -1.78. The van der Waals surface area contributed by atoms with E-state index in [-0.39, 0.29) is 11.3 Å². The topological polar surface area (TPSA) is 96.6 Å². The molecule has 0 radical (unpaired) electrons. The van der Waals surface area contributed by atoms with Gasteiger partial charge in [-0.2, -0.15) is 4.72 Å². The Morgan fingerprint density at radius 2 is 1.69 bits per heavy atom. The smallest absolute Gasteiger partial charge is 0.322 e. The van der Waals surface area contributed by atoms with Gasteiger partial charge in [0, 0.05) is 10.8 Å². The van der Waals surface area contributed by atoms with Gasteiger partial charge in [0.2, 0.25) is 10.0 Å². The maximum Gasteiger partial charge on any atom is 0.322 e. The van der Waals surface area contributed by atoms with Crippen LogP contribution in [0.5, 0.6) is 0 Å². The fourth-order valence-corrected chi connectivity index (χ4v) is 4.38. The molecule has 4 rings (SSSR count). The first kappa shape index (κ1) is 19.1. The van der Waals surface area contributed by atoms with Crippen molar-refractivity contribution in [3.8, 4) is 0 Å². The molecule has 1 heterocycles. The summed E-state index contributed by atoms with van der Waals surface area (Å²) < 4.78 is 46.6. The molecule has 0 spiro atoms. The second kappa shape index (κ2) is 7.31. The third kappa shape index (κ3) is 3.85. The maximum atomic E-state index is 13.1. The molecule has 1 atom stereocenters. The van der Waals surface area contributed by atoms with Crippen molar-refractivity contribution in [1.29, 1.82) is 0 Å². The Hall–Kier alpha value is -3.23. The Morgan fingerprint density at radius 3 is 2.41 bits per heavy atom. The number of sulfonamides is 1. The van der Waals surface area contributed by atoms with E-state index >= 15 is 0 Å². The number of carboxylic acids is 1. The summed E-state index contributed by atoms with van der Waals surface area (Å²) in [6.45, 7) is 0. The molecule has 2 N–H and O–H groups in total. The molecule has 6 nitrogen and oxygen atoms in total. The third-order valence-corrected chi connectivity index (χ3v) is 6.08. The van der Waals surface area contributed by atoms with Crippen LogP contribution in [0.1, 0.15) is 5.56 Å². The van der Waals surface area contributed by atoms with Gasteiger partial charge in [-0.05, 0) is 48.4 Å². The number of para-hydroxylation sites is 1. The van der Waals surface area contributed by atoms with Crippen molar-refractivity contribution in [2.45, 2.75) is 17.4 Å². The van der Waals surface area contributed by atoms with E-state index in [4.69, 9.17) is 4.42 Å². The van der Waals surface area contributed by atoms with E-state index in [0.717, 1.165) is 5.39 Å². The average Bonchev–Trinajstić information content (AvgIpc) is 3.07. The molecule has 0 bridgehead atoms. The number of hydrogen-bond donors (Lipinski definition) is 2. The van der Waals surface area contributed by atoms with Crippen LogP contribution < -0.4 is 4.72 Å². The average molecular weight is 413 g/mol. The standard InChI is InChI=1S/C21H16FNO5S/c22-14-7-5-13(6-8-14)11-18(21(24)25)23-29(26,27)15-9-10-20-17(12-15)16-3-1-2-4-19(16)28-20/h1-10,12,18,23H,11H2,(H,24,25)/t18-/m0/s1. The molecule has 3 aromatic carbocycles. The van der Waals surface area contributed by atoms with Crippen molar-refractivity contribution in [2.75, 3.05) is 0 Å². The van der Waals surface area contributed by atoms with Crippen LogP contribution in [-0.4, -0.2) is 25.5 Å². The van der Waals surface area contributed by atoms with Crippen molar-refractivity contribution in [3.05, 3.63) is 78.1 Å². The highest BCUT2D eigenvalue weighted by molar-refractivity contribution is 7.89. The molecule has 8 heteroatoms. The van der Waals surface area contributed by atoms with Crippen molar-refractivity contribution < 1.29 is 27.1 Å². The summed E-state index contributed by atoms with van der Waals surface area (Å²) in [7, 11) is -4.12. The highest BCUT2D eigenvalue weighted by atomic mass is 32.2. The number of aliphatic carboxylic acids is 1. The summed E-state index contributed by atoms with van der Waals surface area (Å²) >= 11 is 0. The zero-order valence-corrected chi connectivity index (χ0v) is 15.8. The molecule has 0 unspecified atom stereocenters. The van der Waals surface area contributed by atoms with Crippen LogP contribution in [0, 0.1) is 5.82 Å². The lowest BCUT2D eigenvalue weighted by atomic mass is 10.1. The minimum absolute atomic E-state index is 0.0677. The number of fused-ring (bicyclic) bond motifs is 3. The first-order valence-electron chi connectivity index (χ1n) is 8.74. The predicted octanol–water partition coefficient (Wildman–Crippen LogP) is 3.70. The van der Waals surface area contributed by atoms with Crippen LogP contribution >= 0.6 is 0 Å². The van der Waals surface area contributed by atoms with Crippen molar-refractivity contribution in [3.63, 3.8) is 0 Å². The molecule has 148 valence electrons. The van der Waals surface area contributed by atoms with Crippen LogP contribution in [0.25, 0.3) is 21.9 Å². The normalized spacial score (nSPS) is 13.0. The minimum atomic E-state index is -4.12. The van der Waals surface area contributed by atoms with Gasteiger partial charge in [0.25, 0.3) is 0 Å². The molecule has 0 saturated heterocycles. The maximum absolute atomic E-state index is 13.1. The first-order chi connectivity index (χ1) is 13.8. The molecular weight excluding hydrogens is 397 g/mol. The molecule has 29 heavy (non-hydrogen) atoms. The monoisotopic (exact) mass is 413 g/mol. The summed E-state index contributed by atoms with van der Waals surface area (Å²) in [6, 6.07) is 15.4. The van der Waals surface area contributed by atoms with Gasteiger partial charge in [0.05, 0.1) is 4.90 Å². The number of nitrogens with one attached hydrogen (secondary N) is 1. The largest absolute Gasteiger partial charge is 0.480 e. The molecule has 0 aliphatic rings. The van der Waals surface area contributed by atoms with E-state index in [9.17, 15) is 22.7 Å². The van der Waals surface area contributed by atoms with Gasteiger partial charge < -0.3 is 9.52 Å². The molecule has 0 fully saturated rings. The lowest BCUT2D eigenvalue weighted by Crippen LogP contribution is -2.42. The summed E-state index contributed by atoms with van der Waals surface area (Å²) in [4.78, 5) is 11.5. The highest BCUT2D eigenvalue weighted by Crippen LogP contribution is 2.30. The zero-order valence-electron chi connectivity index (χ0n) is 15.0. The number of benzene rings is 3. The van der Waals surface area contributed by atoms with Crippen molar-refractivity contribution in [1.82, 2.24) is 4.72 Å². The molecule has 0 saturated carbocycles. The highest BCUT2D eigenvalue weighted by Gasteiger charge is 2.26. The van der Waals surface area contributed by atoms with Gasteiger partial charge in [0.1, 0.15) is 23.0 Å². The van der Waals surface area contributed by atoms with E-state index in [0.29, 0.717) is 22.1 Å². The van der Waals surface area contributed by atoms with E-state index in [1.807, 2.05) is 18.2 Å².